The molecular formula is C23H24F3N5O2. The zero-order valence-corrected chi connectivity index (χ0v) is 18.2. The number of likely N-dealkylation sites (tertiary alicyclic amines) is 1. The molecular weight excluding hydrogens is 435 g/mol. The first kappa shape index (κ1) is 21.7. The van der Waals surface area contributed by atoms with Crippen LogP contribution in [0.4, 0.5) is 19.0 Å². The minimum Gasteiger partial charge on any atom is -0.361 e. The van der Waals surface area contributed by atoms with E-state index in [0.29, 0.717) is 31.0 Å². The van der Waals surface area contributed by atoms with E-state index in [0.717, 1.165) is 49.4 Å². The Balaban J connectivity index is 1.28. The average molecular weight is 459 g/mol. The van der Waals surface area contributed by atoms with E-state index in [1.165, 1.54) is 12.1 Å². The zero-order valence-electron chi connectivity index (χ0n) is 18.2. The number of amides is 1. The van der Waals surface area contributed by atoms with E-state index in [9.17, 15) is 18.0 Å². The van der Waals surface area contributed by atoms with Crippen molar-refractivity contribution in [2.24, 2.45) is 0 Å². The van der Waals surface area contributed by atoms with Crippen molar-refractivity contribution in [3.8, 4) is 0 Å². The number of aromatic nitrogens is 3. The zero-order chi connectivity index (χ0) is 23.2. The second kappa shape index (κ2) is 8.02. The van der Waals surface area contributed by atoms with Gasteiger partial charge in [-0.3, -0.25) is 14.6 Å². The summed E-state index contributed by atoms with van der Waals surface area (Å²) in [7, 11) is 0. The normalized spacial score (nSPS) is 18.7. The second-order valence-electron chi connectivity index (χ2n) is 8.88. The molecule has 2 aliphatic rings. The van der Waals surface area contributed by atoms with Crippen LogP contribution in [-0.2, 0) is 29.6 Å². The summed E-state index contributed by atoms with van der Waals surface area (Å²) < 4.78 is 45.5. The molecule has 1 aromatic carbocycles. The fourth-order valence-corrected chi connectivity index (χ4v) is 4.84. The molecule has 0 aliphatic carbocycles. The highest BCUT2D eigenvalue weighted by Crippen LogP contribution is 2.41. The highest BCUT2D eigenvalue weighted by atomic mass is 19.4. The van der Waals surface area contributed by atoms with Crippen LogP contribution in [0.3, 0.4) is 0 Å². The molecule has 0 unspecified atom stereocenters. The third-order valence-electron chi connectivity index (χ3n) is 6.60. The van der Waals surface area contributed by atoms with Crippen LogP contribution < -0.4 is 4.90 Å². The van der Waals surface area contributed by atoms with Gasteiger partial charge in [0.1, 0.15) is 17.3 Å². The van der Waals surface area contributed by atoms with Crippen LogP contribution in [0.15, 0.2) is 47.1 Å². The fourth-order valence-electron chi connectivity index (χ4n) is 4.84. The predicted octanol–water partition coefficient (Wildman–Crippen LogP) is 4.13. The van der Waals surface area contributed by atoms with Gasteiger partial charge in [0.25, 0.3) is 0 Å². The third-order valence-corrected chi connectivity index (χ3v) is 6.60. The minimum absolute atomic E-state index is 0.0276. The number of anilines is 1. The summed E-state index contributed by atoms with van der Waals surface area (Å²) in [5.74, 6) is 1.47. The molecule has 4 heterocycles. The first-order chi connectivity index (χ1) is 15.7. The largest absolute Gasteiger partial charge is 0.416 e. The summed E-state index contributed by atoms with van der Waals surface area (Å²) in [6, 6.07) is 8.99. The van der Waals surface area contributed by atoms with Crippen molar-refractivity contribution >= 4 is 11.7 Å². The van der Waals surface area contributed by atoms with Gasteiger partial charge in [-0.15, -0.1) is 0 Å². The molecule has 174 valence electrons. The first-order valence-corrected chi connectivity index (χ1v) is 10.9. The maximum Gasteiger partial charge on any atom is 0.416 e. The summed E-state index contributed by atoms with van der Waals surface area (Å²) in [6.07, 6.45) is -0.778. The van der Waals surface area contributed by atoms with Crippen molar-refractivity contribution < 1.29 is 22.5 Å². The number of alkyl halides is 3. The summed E-state index contributed by atoms with van der Waals surface area (Å²) in [5.41, 5.74) is 0.507. The Morgan fingerprint density at radius 3 is 2.45 bits per heavy atom. The summed E-state index contributed by atoms with van der Waals surface area (Å²) in [4.78, 5) is 17.1. The van der Waals surface area contributed by atoms with E-state index >= 15 is 0 Å². The van der Waals surface area contributed by atoms with Gasteiger partial charge < -0.3 is 4.52 Å². The van der Waals surface area contributed by atoms with Gasteiger partial charge in [-0.2, -0.15) is 18.3 Å². The van der Waals surface area contributed by atoms with E-state index in [4.69, 9.17) is 4.52 Å². The number of fused-ring (bicyclic) bond motifs is 2. The van der Waals surface area contributed by atoms with Crippen molar-refractivity contribution in [1.29, 1.82) is 0 Å². The second-order valence-corrected chi connectivity index (χ2v) is 8.88. The molecule has 7 nitrogen and oxygen atoms in total. The molecule has 5 rings (SSSR count). The van der Waals surface area contributed by atoms with Gasteiger partial charge in [-0.1, -0.05) is 17.3 Å². The number of carbonyl (C=O) groups excluding carboxylic acids is 1. The smallest absolute Gasteiger partial charge is 0.361 e. The number of piperidine rings is 1. The Kier molecular flexibility index (Phi) is 5.27. The van der Waals surface area contributed by atoms with Crippen LogP contribution in [0.1, 0.15) is 41.8 Å². The van der Waals surface area contributed by atoms with Crippen molar-refractivity contribution in [3.05, 3.63) is 65.2 Å². The molecule has 33 heavy (non-hydrogen) atoms. The molecule has 0 radical (unpaired) electrons. The lowest BCUT2D eigenvalue weighted by molar-refractivity contribution is -0.137. The molecule has 0 bridgehead atoms. The molecule has 2 aliphatic heterocycles. The van der Waals surface area contributed by atoms with Crippen LogP contribution in [0, 0.1) is 6.92 Å². The lowest BCUT2D eigenvalue weighted by Crippen LogP contribution is -2.53. The van der Waals surface area contributed by atoms with Gasteiger partial charge >= 0.3 is 6.18 Å². The topological polar surface area (TPSA) is 67.4 Å². The van der Waals surface area contributed by atoms with Crippen molar-refractivity contribution in [2.45, 2.75) is 51.0 Å². The van der Waals surface area contributed by atoms with E-state index in [-0.39, 0.29) is 11.4 Å². The number of hydrogen-bond acceptors (Lipinski definition) is 5. The van der Waals surface area contributed by atoms with E-state index < -0.39 is 11.7 Å². The van der Waals surface area contributed by atoms with Crippen LogP contribution in [0.2, 0.25) is 0 Å². The maximum absolute atomic E-state index is 13.1. The van der Waals surface area contributed by atoms with Crippen molar-refractivity contribution in [1.82, 2.24) is 19.8 Å². The summed E-state index contributed by atoms with van der Waals surface area (Å²) in [5, 5.41) is 8.57. The molecule has 1 saturated heterocycles. The number of nitrogens with zero attached hydrogens (tertiary/aromatic N) is 5. The Hall–Kier alpha value is -3.14. The van der Waals surface area contributed by atoms with Crippen molar-refractivity contribution in [3.63, 3.8) is 0 Å². The van der Waals surface area contributed by atoms with Crippen LogP contribution in [0.25, 0.3) is 0 Å². The number of aryl methyl sites for hydroxylation is 1. The average Bonchev–Trinajstić information content (AvgIpc) is 3.42. The quantitative estimate of drug-likeness (QED) is 0.587. The Bertz CT molecular complexity index is 1140. The molecule has 1 spiro atoms. The molecule has 1 amide bonds. The predicted molar refractivity (Wildman–Crippen MR) is 113 cm³/mol. The van der Waals surface area contributed by atoms with E-state index in [1.54, 1.807) is 11.1 Å². The van der Waals surface area contributed by atoms with E-state index in [2.05, 4.69) is 15.2 Å². The van der Waals surface area contributed by atoms with Gasteiger partial charge in [0.15, 0.2) is 0 Å². The van der Waals surface area contributed by atoms with Crippen molar-refractivity contribution in [2.75, 3.05) is 18.0 Å². The van der Waals surface area contributed by atoms with Crippen LogP contribution >= 0.6 is 0 Å². The SMILES string of the molecule is Cc1cc(CN2C(=O)CC3(CCN(Cc4ccc(C(F)(F)F)cc4)CC3)n3nccc32)no1. The monoisotopic (exact) mass is 459 g/mol. The number of carbonyl (C=O) groups is 1. The molecule has 0 atom stereocenters. The molecule has 3 aromatic rings. The van der Waals surface area contributed by atoms with Crippen LogP contribution in [-0.4, -0.2) is 38.8 Å². The van der Waals surface area contributed by atoms with Crippen LogP contribution in [0.5, 0.6) is 0 Å². The first-order valence-electron chi connectivity index (χ1n) is 10.9. The summed E-state index contributed by atoms with van der Waals surface area (Å²) >= 11 is 0. The number of hydrogen-bond donors (Lipinski definition) is 0. The standard InChI is InChI=1S/C23H24F3N5O2/c1-16-12-19(28-33-16)15-30-20-6-9-27-31(20)22(13-21(30)32)7-10-29(11-8-22)14-17-2-4-18(5-3-17)23(24,25)26/h2-6,9,12H,7-8,10-11,13-15H2,1H3. The van der Waals surface area contributed by atoms with Gasteiger partial charge in [-0.25, -0.2) is 4.68 Å². The lowest BCUT2D eigenvalue weighted by Gasteiger charge is -2.46. The maximum atomic E-state index is 13.1. The molecule has 10 heteroatoms. The lowest BCUT2D eigenvalue weighted by atomic mass is 9.82. The van der Waals surface area contributed by atoms with E-state index in [1.807, 2.05) is 23.7 Å². The van der Waals surface area contributed by atoms with Gasteiger partial charge in [0.05, 0.1) is 30.3 Å². The Labute approximate surface area is 188 Å². The Morgan fingerprint density at radius 2 is 1.82 bits per heavy atom. The third kappa shape index (κ3) is 4.15. The minimum atomic E-state index is -4.33. The summed E-state index contributed by atoms with van der Waals surface area (Å²) in [6.45, 7) is 4.18. The molecule has 0 saturated carbocycles. The van der Waals surface area contributed by atoms with Gasteiger partial charge in [-0.05, 0) is 37.5 Å². The molecule has 2 aromatic heterocycles. The fraction of sp³-hybridized carbons (Fsp3) is 0.435. The molecule has 0 N–H and O–H groups in total. The highest BCUT2D eigenvalue weighted by molar-refractivity contribution is 5.94. The number of benzene rings is 1. The molecule has 1 fully saturated rings. The van der Waals surface area contributed by atoms with Gasteiger partial charge in [0, 0.05) is 31.8 Å². The number of rotatable bonds is 4. The number of halogens is 3. The van der Waals surface area contributed by atoms with Gasteiger partial charge in [0.2, 0.25) is 5.91 Å². The highest BCUT2D eigenvalue weighted by Gasteiger charge is 2.45. The Morgan fingerprint density at radius 1 is 1.09 bits per heavy atom.